The molecule has 2 fully saturated rings. The molecule has 3 nitrogen and oxygen atoms in total. The zero-order valence-corrected chi connectivity index (χ0v) is 17.9. The lowest BCUT2D eigenvalue weighted by atomic mass is 9.68. The van der Waals surface area contributed by atoms with E-state index in [1.807, 2.05) is 0 Å². The summed E-state index contributed by atoms with van der Waals surface area (Å²) < 4.78 is 5.99. The average Bonchev–Trinajstić information content (AvgIpc) is 3.26. The average molecular weight is 383 g/mol. The van der Waals surface area contributed by atoms with Gasteiger partial charge in [-0.1, -0.05) is 64.9 Å². The molecule has 3 heteroatoms. The van der Waals surface area contributed by atoms with E-state index in [2.05, 4.69) is 32.0 Å². The third kappa shape index (κ3) is 4.44. The normalized spacial score (nSPS) is 25.5. The number of aliphatic imine (C=N–C) groups is 1. The Morgan fingerprint density at radius 1 is 0.964 bits per heavy atom. The van der Waals surface area contributed by atoms with Gasteiger partial charge in [0, 0.05) is 11.6 Å². The van der Waals surface area contributed by atoms with Crippen LogP contribution in [0.5, 0.6) is 0 Å². The van der Waals surface area contributed by atoms with Crippen molar-refractivity contribution in [2.24, 2.45) is 22.7 Å². The first-order valence-electron chi connectivity index (χ1n) is 11.9. The predicted molar refractivity (Wildman–Crippen MR) is 116 cm³/mol. The van der Waals surface area contributed by atoms with Gasteiger partial charge >= 0.3 is 0 Å². The minimum atomic E-state index is 0.290. The monoisotopic (exact) mass is 382 g/mol. The summed E-state index contributed by atoms with van der Waals surface area (Å²) in [7, 11) is 0. The summed E-state index contributed by atoms with van der Waals surface area (Å²) in [6.45, 7) is 5.22. The quantitative estimate of drug-likeness (QED) is 0.561. The molecular weight excluding hydrogens is 344 g/mol. The van der Waals surface area contributed by atoms with E-state index in [4.69, 9.17) is 14.7 Å². The van der Waals surface area contributed by atoms with Gasteiger partial charge in [0.05, 0.1) is 6.04 Å². The fourth-order valence-corrected chi connectivity index (χ4v) is 5.70. The first-order valence-corrected chi connectivity index (χ1v) is 11.9. The van der Waals surface area contributed by atoms with Gasteiger partial charge in [0.1, 0.15) is 12.3 Å². The zero-order valence-electron chi connectivity index (χ0n) is 17.9. The van der Waals surface area contributed by atoms with E-state index in [0.29, 0.717) is 18.4 Å². The van der Waals surface area contributed by atoms with Gasteiger partial charge in [-0.2, -0.15) is 0 Å². The molecule has 0 bridgehead atoms. The van der Waals surface area contributed by atoms with Gasteiger partial charge in [0.25, 0.3) is 0 Å². The standard InChI is InChI=1S/C25H38N2O/c1-3-18(2)23-17-28-25(27-23)22-16-10-15-21(26-22)24(19-11-6-4-7-12-19)20-13-8-5-9-14-20/h10,15-16,18-20,23-24H,3-9,11-14,17H2,1-2H3/t18-,23+/m0/s1. The third-order valence-electron chi connectivity index (χ3n) is 7.62. The van der Waals surface area contributed by atoms with Crippen LogP contribution in [0.3, 0.4) is 0 Å². The van der Waals surface area contributed by atoms with Crippen LogP contribution in [0, 0.1) is 17.8 Å². The van der Waals surface area contributed by atoms with Crippen LogP contribution in [0.15, 0.2) is 23.2 Å². The van der Waals surface area contributed by atoms with Gasteiger partial charge in [-0.15, -0.1) is 0 Å². The molecule has 0 saturated heterocycles. The van der Waals surface area contributed by atoms with E-state index in [1.165, 1.54) is 69.9 Å². The van der Waals surface area contributed by atoms with E-state index in [0.717, 1.165) is 29.8 Å². The van der Waals surface area contributed by atoms with Crippen LogP contribution in [0.1, 0.15) is 102 Å². The molecule has 2 saturated carbocycles. The molecule has 2 atom stereocenters. The maximum absolute atomic E-state index is 5.99. The molecule has 0 radical (unpaired) electrons. The lowest BCUT2D eigenvalue weighted by Crippen LogP contribution is -2.26. The van der Waals surface area contributed by atoms with Crippen molar-refractivity contribution in [1.29, 1.82) is 0 Å². The minimum Gasteiger partial charge on any atom is -0.474 e. The van der Waals surface area contributed by atoms with Crippen LogP contribution in [0.2, 0.25) is 0 Å². The van der Waals surface area contributed by atoms with Gasteiger partial charge in [-0.05, 0) is 55.6 Å². The summed E-state index contributed by atoms with van der Waals surface area (Å²) in [6, 6.07) is 6.87. The first kappa shape index (κ1) is 19.9. The molecule has 0 amide bonds. The van der Waals surface area contributed by atoms with Gasteiger partial charge < -0.3 is 4.74 Å². The van der Waals surface area contributed by atoms with Crippen molar-refractivity contribution in [3.05, 3.63) is 29.6 Å². The zero-order chi connectivity index (χ0) is 19.3. The highest BCUT2D eigenvalue weighted by atomic mass is 16.5. The second-order valence-corrected chi connectivity index (χ2v) is 9.47. The van der Waals surface area contributed by atoms with Gasteiger partial charge in [0.15, 0.2) is 0 Å². The molecule has 4 rings (SSSR count). The van der Waals surface area contributed by atoms with E-state index in [1.54, 1.807) is 0 Å². The second-order valence-electron chi connectivity index (χ2n) is 9.47. The lowest BCUT2D eigenvalue weighted by Gasteiger charge is -2.37. The number of hydrogen-bond acceptors (Lipinski definition) is 3. The van der Waals surface area contributed by atoms with Crippen molar-refractivity contribution < 1.29 is 4.74 Å². The van der Waals surface area contributed by atoms with E-state index >= 15 is 0 Å². The second kappa shape index (κ2) is 9.41. The molecule has 2 heterocycles. The molecule has 0 unspecified atom stereocenters. The predicted octanol–water partition coefficient (Wildman–Crippen LogP) is 6.52. The molecule has 28 heavy (non-hydrogen) atoms. The summed E-state index contributed by atoms with van der Waals surface area (Å²) in [4.78, 5) is 10.1. The molecular formula is C25H38N2O. The Hall–Kier alpha value is -1.38. The van der Waals surface area contributed by atoms with Crippen LogP contribution in [0.4, 0.5) is 0 Å². The molecule has 1 aromatic heterocycles. The van der Waals surface area contributed by atoms with Crippen LogP contribution in [0.25, 0.3) is 0 Å². The SMILES string of the molecule is CC[C@H](C)[C@H]1COC(c2cccc(C(C3CCCCC3)C3CCCCC3)n2)=N1. The van der Waals surface area contributed by atoms with Crippen molar-refractivity contribution in [3.63, 3.8) is 0 Å². The topological polar surface area (TPSA) is 34.5 Å². The van der Waals surface area contributed by atoms with Gasteiger partial charge in [0.2, 0.25) is 5.90 Å². The molecule has 154 valence electrons. The highest BCUT2D eigenvalue weighted by Gasteiger charge is 2.34. The van der Waals surface area contributed by atoms with Crippen molar-refractivity contribution in [1.82, 2.24) is 4.98 Å². The summed E-state index contributed by atoms with van der Waals surface area (Å²) in [5.41, 5.74) is 2.27. The maximum Gasteiger partial charge on any atom is 0.235 e. The Bertz CT molecular complexity index is 640. The van der Waals surface area contributed by atoms with Crippen molar-refractivity contribution in [2.75, 3.05) is 6.61 Å². The highest BCUT2D eigenvalue weighted by Crippen LogP contribution is 2.45. The number of nitrogens with zero attached hydrogens (tertiary/aromatic N) is 2. The van der Waals surface area contributed by atoms with Crippen LogP contribution in [-0.4, -0.2) is 23.5 Å². The van der Waals surface area contributed by atoms with Crippen molar-refractivity contribution >= 4 is 5.90 Å². The Labute approximate surface area is 171 Å². The fraction of sp³-hybridized carbons (Fsp3) is 0.760. The molecule has 0 aromatic carbocycles. The fourth-order valence-electron chi connectivity index (χ4n) is 5.70. The molecule has 1 aromatic rings. The minimum absolute atomic E-state index is 0.290. The summed E-state index contributed by atoms with van der Waals surface area (Å²) in [5, 5.41) is 0. The molecule has 3 aliphatic rings. The smallest absolute Gasteiger partial charge is 0.235 e. The van der Waals surface area contributed by atoms with Gasteiger partial charge in [-0.3, -0.25) is 0 Å². The Morgan fingerprint density at radius 2 is 1.61 bits per heavy atom. The number of pyridine rings is 1. The number of ether oxygens (including phenoxy) is 1. The molecule has 0 spiro atoms. The van der Waals surface area contributed by atoms with Crippen LogP contribution >= 0.6 is 0 Å². The van der Waals surface area contributed by atoms with E-state index in [9.17, 15) is 0 Å². The number of aromatic nitrogens is 1. The molecule has 2 aliphatic carbocycles. The molecule has 0 N–H and O–H groups in total. The van der Waals surface area contributed by atoms with Crippen molar-refractivity contribution in [2.45, 2.75) is 96.4 Å². The molecule has 1 aliphatic heterocycles. The van der Waals surface area contributed by atoms with E-state index in [-0.39, 0.29) is 6.04 Å². The lowest BCUT2D eigenvalue weighted by molar-refractivity contribution is 0.199. The number of hydrogen-bond donors (Lipinski definition) is 0. The van der Waals surface area contributed by atoms with Gasteiger partial charge in [-0.25, -0.2) is 9.98 Å². The first-order chi connectivity index (χ1) is 13.8. The Kier molecular flexibility index (Phi) is 6.69. The number of rotatable bonds is 6. The Morgan fingerprint density at radius 3 is 2.21 bits per heavy atom. The summed E-state index contributed by atoms with van der Waals surface area (Å²) in [6.07, 6.45) is 15.2. The highest BCUT2D eigenvalue weighted by molar-refractivity contribution is 5.93. The summed E-state index contributed by atoms with van der Waals surface area (Å²) >= 11 is 0. The summed E-state index contributed by atoms with van der Waals surface area (Å²) in [5.74, 6) is 3.61. The van der Waals surface area contributed by atoms with Crippen molar-refractivity contribution in [3.8, 4) is 0 Å². The van der Waals surface area contributed by atoms with E-state index < -0.39 is 0 Å². The van der Waals surface area contributed by atoms with Crippen LogP contribution < -0.4 is 0 Å². The Balaban J connectivity index is 1.59. The maximum atomic E-state index is 5.99. The third-order valence-corrected chi connectivity index (χ3v) is 7.62. The van der Waals surface area contributed by atoms with Crippen LogP contribution in [-0.2, 0) is 4.74 Å². The largest absolute Gasteiger partial charge is 0.474 e.